The van der Waals surface area contributed by atoms with Crippen molar-refractivity contribution in [1.82, 2.24) is 15.1 Å². The largest absolute Gasteiger partial charge is 0.352 e. The van der Waals surface area contributed by atoms with Crippen LogP contribution in [0.1, 0.15) is 58.4 Å². The molecule has 2 aliphatic rings. The second kappa shape index (κ2) is 9.55. The molecule has 0 aliphatic carbocycles. The van der Waals surface area contributed by atoms with E-state index in [0.717, 1.165) is 44.3 Å². The van der Waals surface area contributed by atoms with Crippen LogP contribution in [0.25, 0.3) is 0 Å². The van der Waals surface area contributed by atoms with Gasteiger partial charge in [0, 0.05) is 24.5 Å². The van der Waals surface area contributed by atoms with E-state index in [1.165, 1.54) is 6.42 Å². The number of hydrogen-bond donors (Lipinski definition) is 1. The first-order valence-electron chi connectivity index (χ1n) is 10.8. The van der Waals surface area contributed by atoms with Crippen molar-refractivity contribution in [3.05, 3.63) is 35.9 Å². The number of likely N-dealkylation sites (tertiary alicyclic amines) is 2. The third-order valence-electron chi connectivity index (χ3n) is 6.56. The van der Waals surface area contributed by atoms with Gasteiger partial charge in [-0.25, -0.2) is 0 Å². The van der Waals surface area contributed by atoms with E-state index in [2.05, 4.69) is 29.0 Å². The lowest BCUT2D eigenvalue weighted by molar-refractivity contribution is -0.143. The molecule has 5 heteroatoms. The molecule has 154 valence electrons. The van der Waals surface area contributed by atoms with Crippen molar-refractivity contribution >= 4 is 11.8 Å². The average Bonchev–Trinajstić information content (AvgIpc) is 2.72. The number of carbonyl (C=O) groups excluding carboxylic acids is 2. The lowest BCUT2D eigenvalue weighted by atomic mass is 9.93. The maximum atomic E-state index is 13.1. The second-order valence-electron chi connectivity index (χ2n) is 8.56. The van der Waals surface area contributed by atoms with Crippen molar-refractivity contribution in [3.63, 3.8) is 0 Å². The van der Waals surface area contributed by atoms with E-state index in [1.54, 1.807) is 0 Å². The molecule has 0 spiro atoms. The molecule has 2 heterocycles. The number of piperidine rings is 2. The molecule has 5 nitrogen and oxygen atoms in total. The van der Waals surface area contributed by atoms with Gasteiger partial charge in [-0.3, -0.25) is 14.5 Å². The Morgan fingerprint density at radius 1 is 1.04 bits per heavy atom. The Kier molecular flexibility index (Phi) is 7.11. The maximum absolute atomic E-state index is 13.1. The van der Waals surface area contributed by atoms with Crippen LogP contribution in [0.4, 0.5) is 0 Å². The Labute approximate surface area is 169 Å². The first-order chi connectivity index (χ1) is 13.5. The normalized spacial score (nSPS) is 25.3. The Hall–Kier alpha value is -1.88. The summed E-state index contributed by atoms with van der Waals surface area (Å²) < 4.78 is 0. The number of amides is 2. The van der Waals surface area contributed by atoms with Gasteiger partial charge in [0.15, 0.2) is 0 Å². The lowest BCUT2D eigenvalue weighted by Crippen LogP contribution is -2.56. The molecule has 3 atom stereocenters. The monoisotopic (exact) mass is 385 g/mol. The molecule has 2 fully saturated rings. The molecule has 1 aromatic carbocycles. The van der Waals surface area contributed by atoms with Crippen LogP contribution in [0.2, 0.25) is 0 Å². The molecule has 0 bridgehead atoms. The summed E-state index contributed by atoms with van der Waals surface area (Å²) in [4.78, 5) is 30.0. The van der Waals surface area contributed by atoms with E-state index in [0.29, 0.717) is 18.6 Å². The minimum atomic E-state index is -0.101. The molecular formula is C23H35N3O2. The molecule has 0 unspecified atom stereocenters. The molecule has 1 N–H and O–H groups in total. The molecule has 0 saturated carbocycles. The fraction of sp³-hybridized carbons (Fsp3) is 0.652. The molecule has 1 aromatic rings. The van der Waals surface area contributed by atoms with Gasteiger partial charge in [-0.15, -0.1) is 0 Å². The molecule has 28 heavy (non-hydrogen) atoms. The SMILES string of the molecule is C[C@H](C(=O)N1[C@H](C)CCC[C@H]1C)N1CCC(C(=O)NCc2ccccc2)CC1. The fourth-order valence-electron chi connectivity index (χ4n) is 4.71. The Balaban J connectivity index is 1.47. The highest BCUT2D eigenvalue weighted by Gasteiger charge is 2.35. The Morgan fingerprint density at radius 3 is 2.25 bits per heavy atom. The first kappa shape index (κ1) is 20.8. The van der Waals surface area contributed by atoms with E-state index in [4.69, 9.17) is 0 Å². The third kappa shape index (κ3) is 4.93. The summed E-state index contributed by atoms with van der Waals surface area (Å²) in [5.74, 6) is 0.447. The first-order valence-corrected chi connectivity index (χ1v) is 10.8. The molecule has 0 radical (unpaired) electrons. The van der Waals surface area contributed by atoms with Crippen LogP contribution in [0.5, 0.6) is 0 Å². The molecule has 0 aromatic heterocycles. The maximum Gasteiger partial charge on any atom is 0.240 e. The second-order valence-corrected chi connectivity index (χ2v) is 8.56. The lowest BCUT2D eigenvalue weighted by Gasteiger charge is -2.43. The van der Waals surface area contributed by atoms with Gasteiger partial charge in [-0.1, -0.05) is 30.3 Å². The minimum absolute atomic E-state index is 0.0510. The van der Waals surface area contributed by atoms with Crippen LogP contribution in [-0.4, -0.2) is 52.8 Å². The van der Waals surface area contributed by atoms with Gasteiger partial charge in [-0.2, -0.15) is 0 Å². The molecular weight excluding hydrogens is 350 g/mol. The summed E-state index contributed by atoms with van der Waals surface area (Å²) >= 11 is 0. The number of benzene rings is 1. The number of nitrogens with one attached hydrogen (secondary N) is 1. The highest BCUT2D eigenvalue weighted by atomic mass is 16.2. The quantitative estimate of drug-likeness (QED) is 0.847. The van der Waals surface area contributed by atoms with Gasteiger partial charge in [-0.05, 0) is 71.5 Å². The summed E-state index contributed by atoms with van der Waals surface area (Å²) in [5.41, 5.74) is 1.12. The average molecular weight is 386 g/mol. The van der Waals surface area contributed by atoms with E-state index < -0.39 is 0 Å². The van der Waals surface area contributed by atoms with Gasteiger partial charge in [0.2, 0.25) is 11.8 Å². The van der Waals surface area contributed by atoms with E-state index in [1.807, 2.05) is 37.3 Å². The molecule has 2 saturated heterocycles. The van der Waals surface area contributed by atoms with E-state index in [-0.39, 0.29) is 23.8 Å². The van der Waals surface area contributed by atoms with E-state index >= 15 is 0 Å². The molecule has 3 rings (SSSR count). The summed E-state index contributed by atoms with van der Waals surface area (Å²) in [6.07, 6.45) is 5.07. The van der Waals surface area contributed by atoms with Crippen molar-refractivity contribution in [1.29, 1.82) is 0 Å². The summed E-state index contributed by atoms with van der Waals surface area (Å²) in [6, 6.07) is 10.6. The number of rotatable bonds is 5. The topological polar surface area (TPSA) is 52.7 Å². The van der Waals surface area contributed by atoms with Crippen LogP contribution in [0.15, 0.2) is 30.3 Å². The van der Waals surface area contributed by atoms with Gasteiger partial charge in [0.1, 0.15) is 0 Å². The van der Waals surface area contributed by atoms with Crippen LogP contribution < -0.4 is 5.32 Å². The third-order valence-corrected chi connectivity index (χ3v) is 6.56. The Morgan fingerprint density at radius 2 is 1.64 bits per heavy atom. The summed E-state index contributed by atoms with van der Waals surface area (Å²) in [6.45, 7) is 8.58. The van der Waals surface area contributed by atoms with Gasteiger partial charge in [0.05, 0.1) is 6.04 Å². The van der Waals surface area contributed by atoms with Crippen LogP contribution >= 0.6 is 0 Å². The van der Waals surface area contributed by atoms with Crippen molar-refractivity contribution in [2.45, 2.75) is 77.5 Å². The van der Waals surface area contributed by atoms with Crippen LogP contribution in [0.3, 0.4) is 0 Å². The number of nitrogens with zero attached hydrogens (tertiary/aromatic N) is 2. The minimum Gasteiger partial charge on any atom is -0.352 e. The van der Waals surface area contributed by atoms with Gasteiger partial charge in [0.25, 0.3) is 0 Å². The fourth-order valence-corrected chi connectivity index (χ4v) is 4.71. The summed E-state index contributed by atoms with van der Waals surface area (Å²) in [7, 11) is 0. The predicted octanol–water partition coefficient (Wildman–Crippen LogP) is 3.19. The Bertz CT molecular complexity index is 645. The van der Waals surface area contributed by atoms with Crippen LogP contribution in [-0.2, 0) is 16.1 Å². The van der Waals surface area contributed by atoms with Gasteiger partial charge >= 0.3 is 0 Å². The standard InChI is InChI=1S/C23H35N3O2/c1-17-8-7-9-18(2)26(17)23(28)19(3)25-14-12-21(13-15-25)22(27)24-16-20-10-5-4-6-11-20/h4-6,10-11,17-19,21H,7-9,12-16H2,1-3H3,(H,24,27)/t17-,18-,19-/m1/s1. The summed E-state index contributed by atoms with van der Waals surface area (Å²) in [5, 5.41) is 3.07. The zero-order valence-corrected chi connectivity index (χ0v) is 17.6. The molecule has 2 amide bonds. The zero-order valence-electron chi connectivity index (χ0n) is 17.6. The van der Waals surface area contributed by atoms with Crippen molar-refractivity contribution < 1.29 is 9.59 Å². The number of carbonyl (C=O) groups is 2. The van der Waals surface area contributed by atoms with Crippen LogP contribution in [0, 0.1) is 5.92 Å². The predicted molar refractivity (Wildman–Crippen MR) is 112 cm³/mol. The van der Waals surface area contributed by atoms with Crippen molar-refractivity contribution in [3.8, 4) is 0 Å². The van der Waals surface area contributed by atoms with Crippen molar-refractivity contribution in [2.24, 2.45) is 5.92 Å². The van der Waals surface area contributed by atoms with Crippen molar-refractivity contribution in [2.75, 3.05) is 13.1 Å². The smallest absolute Gasteiger partial charge is 0.240 e. The van der Waals surface area contributed by atoms with Gasteiger partial charge < -0.3 is 10.2 Å². The number of hydrogen-bond acceptors (Lipinski definition) is 3. The zero-order chi connectivity index (χ0) is 20.1. The molecule has 2 aliphatic heterocycles. The highest BCUT2D eigenvalue weighted by Crippen LogP contribution is 2.26. The highest BCUT2D eigenvalue weighted by molar-refractivity contribution is 5.82. The van der Waals surface area contributed by atoms with E-state index in [9.17, 15) is 9.59 Å².